The molecule has 0 heterocycles. The summed E-state index contributed by atoms with van der Waals surface area (Å²) in [5.74, 6) is -0.568. The number of phenols is 1. The summed E-state index contributed by atoms with van der Waals surface area (Å²) in [6, 6.07) is 3.57. The number of nitrogens with two attached hydrogens (primary N) is 1. The number of carboxylic acid groups (broad SMARTS) is 1. The van der Waals surface area contributed by atoms with Gasteiger partial charge in [0, 0.05) is 6.07 Å². The molecule has 82 valence electrons. The third-order valence-electron chi connectivity index (χ3n) is 1.96. The number of phenolic OH excluding ortho intramolecular Hbond substituents is 1. The Kier molecular flexibility index (Phi) is 3.51. The molecule has 1 aromatic carbocycles. The van der Waals surface area contributed by atoms with Crippen molar-refractivity contribution in [2.24, 2.45) is 5.73 Å². The molecule has 0 spiro atoms. The maximum Gasteiger partial charge on any atom is 0.320 e. The molecule has 0 aliphatic rings. The van der Waals surface area contributed by atoms with Gasteiger partial charge >= 0.3 is 5.97 Å². The molecule has 4 N–H and O–H groups in total. The van der Waals surface area contributed by atoms with Gasteiger partial charge in [-0.15, -0.1) is 0 Å². The van der Waals surface area contributed by atoms with Gasteiger partial charge in [0.25, 0.3) is 0 Å². The van der Waals surface area contributed by atoms with E-state index in [1.165, 1.54) is 19.2 Å². The van der Waals surface area contributed by atoms with Gasteiger partial charge < -0.3 is 20.7 Å². The normalized spacial score (nSPS) is 12.1. The lowest BCUT2D eigenvalue weighted by molar-refractivity contribution is -0.138. The third-order valence-corrected chi connectivity index (χ3v) is 1.96. The third kappa shape index (κ3) is 3.14. The highest BCUT2D eigenvalue weighted by molar-refractivity contribution is 5.73. The highest BCUT2D eigenvalue weighted by Crippen LogP contribution is 2.22. The number of methoxy groups -OCH3 is 1. The Morgan fingerprint density at radius 1 is 1.53 bits per heavy atom. The molecule has 15 heavy (non-hydrogen) atoms. The van der Waals surface area contributed by atoms with Gasteiger partial charge in [0.05, 0.1) is 7.11 Å². The number of aromatic hydroxyl groups is 1. The van der Waals surface area contributed by atoms with E-state index in [2.05, 4.69) is 0 Å². The molecule has 0 saturated heterocycles. The molecule has 0 amide bonds. The van der Waals surface area contributed by atoms with Crippen LogP contribution in [0.25, 0.3) is 0 Å². The zero-order valence-electron chi connectivity index (χ0n) is 8.30. The van der Waals surface area contributed by atoms with Crippen LogP contribution in [0.3, 0.4) is 0 Å². The predicted octanol–water partition coefficient (Wildman–Crippen LogP) is 0.355. The zero-order valence-corrected chi connectivity index (χ0v) is 8.30. The lowest BCUT2D eigenvalue weighted by Crippen LogP contribution is -2.32. The smallest absolute Gasteiger partial charge is 0.320 e. The highest BCUT2D eigenvalue weighted by atomic mass is 16.5. The molecular weight excluding hydrogens is 198 g/mol. The van der Waals surface area contributed by atoms with Crippen molar-refractivity contribution in [1.29, 1.82) is 0 Å². The first-order chi connectivity index (χ1) is 7.02. The van der Waals surface area contributed by atoms with Gasteiger partial charge in [0.2, 0.25) is 0 Å². The Labute approximate surface area is 87.1 Å². The summed E-state index contributed by atoms with van der Waals surface area (Å²) in [6.45, 7) is 0. The molecule has 1 rings (SSSR count). The summed E-state index contributed by atoms with van der Waals surface area (Å²) in [6.07, 6.45) is 0.153. The second-order valence-electron chi connectivity index (χ2n) is 3.19. The summed E-state index contributed by atoms with van der Waals surface area (Å²) in [5, 5.41) is 17.9. The van der Waals surface area contributed by atoms with Crippen molar-refractivity contribution in [3.05, 3.63) is 23.8 Å². The minimum absolute atomic E-state index is 0.0296. The van der Waals surface area contributed by atoms with Gasteiger partial charge in [-0.1, -0.05) is 0 Å². The number of ether oxygens (including phenoxy) is 1. The Morgan fingerprint density at radius 2 is 2.20 bits per heavy atom. The fourth-order valence-corrected chi connectivity index (χ4v) is 1.22. The molecule has 0 unspecified atom stereocenters. The minimum Gasteiger partial charge on any atom is -0.508 e. The molecule has 1 aromatic rings. The molecular formula is C10H13NO4. The molecule has 0 aromatic heterocycles. The first-order valence-corrected chi connectivity index (χ1v) is 4.38. The van der Waals surface area contributed by atoms with Crippen molar-refractivity contribution in [3.8, 4) is 11.5 Å². The van der Waals surface area contributed by atoms with E-state index in [4.69, 9.17) is 15.6 Å². The van der Waals surface area contributed by atoms with Gasteiger partial charge in [-0.2, -0.15) is 0 Å². The second-order valence-corrected chi connectivity index (χ2v) is 3.19. The van der Waals surface area contributed by atoms with Crippen molar-refractivity contribution < 1.29 is 19.7 Å². The van der Waals surface area contributed by atoms with Crippen molar-refractivity contribution in [2.75, 3.05) is 7.11 Å². The monoisotopic (exact) mass is 211 g/mol. The number of rotatable bonds is 4. The maximum absolute atomic E-state index is 10.5. The van der Waals surface area contributed by atoms with Gasteiger partial charge in [0.15, 0.2) is 0 Å². The van der Waals surface area contributed by atoms with Crippen molar-refractivity contribution in [3.63, 3.8) is 0 Å². The van der Waals surface area contributed by atoms with E-state index in [1.807, 2.05) is 0 Å². The fraction of sp³-hybridized carbons (Fsp3) is 0.300. The van der Waals surface area contributed by atoms with Crippen molar-refractivity contribution in [2.45, 2.75) is 12.5 Å². The molecule has 0 aliphatic heterocycles. The van der Waals surface area contributed by atoms with Crippen LogP contribution in [0.5, 0.6) is 11.5 Å². The molecule has 0 fully saturated rings. The van der Waals surface area contributed by atoms with E-state index < -0.39 is 12.0 Å². The Balaban J connectivity index is 2.85. The Hall–Kier alpha value is -1.75. The van der Waals surface area contributed by atoms with E-state index in [9.17, 15) is 9.90 Å². The van der Waals surface area contributed by atoms with Crippen molar-refractivity contribution >= 4 is 5.97 Å². The second kappa shape index (κ2) is 4.65. The summed E-state index contributed by atoms with van der Waals surface area (Å²) >= 11 is 0. The van der Waals surface area contributed by atoms with E-state index in [-0.39, 0.29) is 12.2 Å². The summed E-state index contributed by atoms with van der Waals surface area (Å²) < 4.78 is 4.93. The van der Waals surface area contributed by atoms with Crippen LogP contribution in [0.2, 0.25) is 0 Å². The molecule has 0 saturated carbocycles. The van der Waals surface area contributed by atoms with E-state index in [0.717, 1.165) is 0 Å². The molecule has 5 heteroatoms. The minimum atomic E-state index is -1.07. The van der Waals surface area contributed by atoms with Gasteiger partial charge in [-0.05, 0) is 24.1 Å². The highest BCUT2D eigenvalue weighted by Gasteiger charge is 2.13. The zero-order chi connectivity index (χ0) is 11.4. The summed E-state index contributed by atoms with van der Waals surface area (Å²) in [7, 11) is 1.47. The molecule has 1 atom stereocenters. The lowest BCUT2D eigenvalue weighted by Gasteiger charge is -2.08. The number of aliphatic carboxylic acids is 1. The topological polar surface area (TPSA) is 92.8 Å². The van der Waals surface area contributed by atoms with Crippen molar-refractivity contribution in [1.82, 2.24) is 0 Å². The summed E-state index contributed by atoms with van der Waals surface area (Å²) in [5.41, 5.74) is 5.99. The largest absolute Gasteiger partial charge is 0.508 e. The predicted molar refractivity (Wildman–Crippen MR) is 54.0 cm³/mol. The van der Waals surface area contributed by atoms with Gasteiger partial charge in [-0.25, -0.2) is 0 Å². The summed E-state index contributed by atoms with van der Waals surface area (Å²) in [4.78, 5) is 10.5. The molecule has 0 aliphatic carbocycles. The number of benzene rings is 1. The van der Waals surface area contributed by atoms with Crippen LogP contribution in [0.4, 0.5) is 0 Å². The molecule has 5 nitrogen and oxygen atoms in total. The fourth-order valence-electron chi connectivity index (χ4n) is 1.22. The first-order valence-electron chi connectivity index (χ1n) is 4.38. The first kappa shape index (κ1) is 11.3. The Morgan fingerprint density at radius 3 is 2.73 bits per heavy atom. The molecule has 0 radical (unpaired) electrons. The van der Waals surface area contributed by atoms with Crippen LogP contribution in [0.1, 0.15) is 5.56 Å². The molecule has 0 bridgehead atoms. The average Bonchev–Trinajstić information content (AvgIpc) is 2.16. The average molecular weight is 211 g/mol. The van der Waals surface area contributed by atoms with Crippen LogP contribution in [-0.2, 0) is 11.2 Å². The van der Waals surface area contributed by atoms with E-state index in [1.54, 1.807) is 6.07 Å². The van der Waals surface area contributed by atoms with Crippen LogP contribution < -0.4 is 10.5 Å². The number of carbonyl (C=O) groups is 1. The van der Waals surface area contributed by atoms with E-state index >= 15 is 0 Å². The lowest BCUT2D eigenvalue weighted by atomic mass is 10.1. The van der Waals surface area contributed by atoms with Crippen LogP contribution in [0.15, 0.2) is 18.2 Å². The number of carboxylic acids is 1. The Bertz CT molecular complexity index is 364. The van der Waals surface area contributed by atoms with Crippen LogP contribution in [-0.4, -0.2) is 29.3 Å². The number of hydrogen-bond donors (Lipinski definition) is 3. The van der Waals surface area contributed by atoms with Crippen LogP contribution >= 0.6 is 0 Å². The standard InChI is InChI=1S/C10H13NO4/c1-15-8-3-6(2-7(12)5-8)4-9(11)10(13)14/h2-3,5,9,12H,4,11H2,1H3,(H,13,14)/t9-/m1/s1. The van der Waals surface area contributed by atoms with Crippen LogP contribution in [0, 0.1) is 0 Å². The number of hydrogen-bond acceptors (Lipinski definition) is 4. The SMILES string of the molecule is COc1cc(O)cc(C[C@@H](N)C(=O)O)c1. The maximum atomic E-state index is 10.5. The van der Waals surface area contributed by atoms with Gasteiger partial charge in [0.1, 0.15) is 17.5 Å². The van der Waals surface area contributed by atoms with E-state index in [0.29, 0.717) is 11.3 Å². The van der Waals surface area contributed by atoms with Gasteiger partial charge in [-0.3, -0.25) is 4.79 Å². The quantitative estimate of drug-likeness (QED) is 0.668.